The Bertz CT molecular complexity index is 724. The summed E-state index contributed by atoms with van der Waals surface area (Å²) in [5.74, 6) is -1.19. The lowest BCUT2D eigenvalue weighted by Crippen LogP contribution is -2.38. The van der Waals surface area contributed by atoms with Gasteiger partial charge in [0, 0.05) is 11.1 Å². The number of benzene rings is 1. The molecule has 0 fully saturated rings. The van der Waals surface area contributed by atoms with Crippen LogP contribution in [0.25, 0.3) is 0 Å². The van der Waals surface area contributed by atoms with E-state index in [-0.39, 0.29) is 11.3 Å². The number of rotatable bonds is 3. The summed E-state index contributed by atoms with van der Waals surface area (Å²) in [4.78, 5) is 22.6. The van der Waals surface area contributed by atoms with E-state index >= 15 is 0 Å². The second-order valence-electron chi connectivity index (χ2n) is 4.70. The smallest absolute Gasteiger partial charge is 0.335 e. The van der Waals surface area contributed by atoms with Crippen LogP contribution >= 0.6 is 0 Å². The summed E-state index contributed by atoms with van der Waals surface area (Å²) >= 11 is 0. The summed E-state index contributed by atoms with van der Waals surface area (Å²) in [5.41, 5.74) is 1.11. The first-order valence-corrected chi connectivity index (χ1v) is 7.81. The van der Waals surface area contributed by atoms with Crippen LogP contribution < -0.4 is 10.6 Å². The van der Waals surface area contributed by atoms with Gasteiger partial charge < -0.3 is 15.7 Å². The summed E-state index contributed by atoms with van der Waals surface area (Å²) in [7, 11) is -3.22. The zero-order valence-electron chi connectivity index (χ0n) is 11.2. The molecule has 7 nitrogen and oxygen atoms in total. The van der Waals surface area contributed by atoms with E-state index in [1.54, 1.807) is 6.92 Å². The zero-order valence-corrected chi connectivity index (χ0v) is 12.0. The molecular weight excluding hydrogens is 296 g/mol. The van der Waals surface area contributed by atoms with E-state index in [1.807, 2.05) is 0 Å². The van der Waals surface area contributed by atoms with Crippen LogP contribution in [0.4, 0.5) is 10.5 Å². The number of carboxylic acid groups (broad SMARTS) is 1. The van der Waals surface area contributed by atoms with Gasteiger partial charge in [-0.05, 0) is 36.8 Å². The molecule has 1 unspecified atom stereocenters. The van der Waals surface area contributed by atoms with Crippen LogP contribution in [0.2, 0.25) is 0 Å². The van der Waals surface area contributed by atoms with Crippen LogP contribution in [0, 0.1) is 6.92 Å². The molecule has 1 aliphatic rings. The van der Waals surface area contributed by atoms with E-state index in [4.69, 9.17) is 5.11 Å². The molecule has 1 aromatic carbocycles. The molecule has 2 amide bonds. The molecule has 112 valence electrons. The Morgan fingerprint density at radius 1 is 1.33 bits per heavy atom. The Morgan fingerprint density at radius 2 is 2.05 bits per heavy atom. The van der Waals surface area contributed by atoms with Crippen molar-refractivity contribution in [1.82, 2.24) is 5.32 Å². The lowest BCUT2D eigenvalue weighted by Gasteiger charge is -2.12. The molecule has 1 atom stereocenters. The van der Waals surface area contributed by atoms with E-state index in [2.05, 4.69) is 10.6 Å². The largest absolute Gasteiger partial charge is 0.478 e. The monoisotopic (exact) mass is 310 g/mol. The van der Waals surface area contributed by atoms with Gasteiger partial charge in [-0.25, -0.2) is 18.0 Å². The molecule has 0 spiro atoms. The number of carbonyl (C=O) groups is 2. The molecule has 0 aromatic heterocycles. The standard InChI is InChI=1S/C13H14N2O5S/c1-8-6-9(2-3-11(8)12(16)17)14-13(18)15-10-4-5-21(19,20)7-10/h2-6,10H,7H2,1H3,(H,16,17)(H2,14,15,18). The molecule has 2 rings (SSSR count). The summed E-state index contributed by atoms with van der Waals surface area (Å²) in [6.45, 7) is 1.62. The lowest BCUT2D eigenvalue weighted by molar-refractivity contribution is 0.0696. The van der Waals surface area contributed by atoms with Gasteiger partial charge in [-0.15, -0.1) is 0 Å². The third kappa shape index (κ3) is 3.82. The molecule has 1 heterocycles. The molecule has 0 radical (unpaired) electrons. The highest BCUT2D eigenvalue weighted by Gasteiger charge is 2.23. The first-order valence-electron chi connectivity index (χ1n) is 6.09. The van der Waals surface area contributed by atoms with Gasteiger partial charge in [-0.1, -0.05) is 0 Å². The number of urea groups is 1. The van der Waals surface area contributed by atoms with Crippen molar-refractivity contribution in [2.45, 2.75) is 13.0 Å². The molecule has 21 heavy (non-hydrogen) atoms. The fraction of sp³-hybridized carbons (Fsp3) is 0.231. The second kappa shape index (κ2) is 5.57. The number of anilines is 1. The summed E-state index contributed by atoms with van der Waals surface area (Å²) < 4.78 is 22.4. The number of aryl methyl sites for hydroxylation is 1. The highest BCUT2D eigenvalue weighted by Crippen LogP contribution is 2.15. The molecule has 8 heteroatoms. The Labute approximate surface area is 121 Å². The first-order chi connectivity index (χ1) is 9.77. The summed E-state index contributed by atoms with van der Waals surface area (Å²) in [5, 5.41) is 15.0. The van der Waals surface area contributed by atoms with Gasteiger partial charge in [0.2, 0.25) is 0 Å². The Morgan fingerprint density at radius 3 is 2.57 bits per heavy atom. The maximum Gasteiger partial charge on any atom is 0.335 e. The van der Waals surface area contributed by atoms with Crippen LogP contribution in [0.3, 0.4) is 0 Å². The van der Waals surface area contributed by atoms with Crippen molar-refractivity contribution in [3.8, 4) is 0 Å². The highest BCUT2D eigenvalue weighted by atomic mass is 32.2. The first kappa shape index (κ1) is 15.0. The number of carbonyl (C=O) groups excluding carboxylic acids is 1. The van der Waals surface area contributed by atoms with Crippen molar-refractivity contribution in [2.24, 2.45) is 0 Å². The van der Waals surface area contributed by atoms with Crippen molar-refractivity contribution in [3.05, 3.63) is 40.8 Å². The lowest BCUT2D eigenvalue weighted by atomic mass is 10.1. The summed E-state index contributed by atoms with van der Waals surface area (Å²) in [6.07, 6.45) is 1.41. The average Bonchev–Trinajstić information content (AvgIpc) is 2.67. The number of nitrogens with one attached hydrogen (secondary N) is 2. The van der Waals surface area contributed by atoms with Crippen molar-refractivity contribution in [3.63, 3.8) is 0 Å². The van der Waals surface area contributed by atoms with Gasteiger partial charge in [0.25, 0.3) is 0 Å². The zero-order chi connectivity index (χ0) is 15.6. The number of hydrogen-bond acceptors (Lipinski definition) is 4. The van der Waals surface area contributed by atoms with E-state index in [9.17, 15) is 18.0 Å². The van der Waals surface area contributed by atoms with Crippen molar-refractivity contribution in [1.29, 1.82) is 0 Å². The number of sulfone groups is 1. The molecule has 0 aliphatic carbocycles. The Balaban J connectivity index is 1.99. The van der Waals surface area contributed by atoms with E-state index in [0.29, 0.717) is 11.3 Å². The minimum Gasteiger partial charge on any atom is -0.478 e. The number of hydrogen-bond donors (Lipinski definition) is 3. The molecule has 0 saturated heterocycles. The van der Waals surface area contributed by atoms with E-state index < -0.39 is 27.9 Å². The highest BCUT2D eigenvalue weighted by molar-refractivity contribution is 7.94. The predicted octanol–water partition coefficient (Wildman–Crippen LogP) is 1.13. The number of aromatic carboxylic acids is 1. The Hall–Kier alpha value is -2.35. The molecule has 1 aliphatic heterocycles. The van der Waals surface area contributed by atoms with Crippen LogP contribution in [-0.4, -0.2) is 37.3 Å². The molecule has 0 saturated carbocycles. The SMILES string of the molecule is Cc1cc(NC(=O)NC2C=CS(=O)(=O)C2)ccc1C(=O)O. The Kier molecular flexibility index (Phi) is 3.99. The number of amides is 2. The van der Waals surface area contributed by atoms with Gasteiger partial charge in [-0.3, -0.25) is 0 Å². The third-order valence-corrected chi connectivity index (χ3v) is 4.36. The minimum atomic E-state index is -3.22. The van der Waals surface area contributed by atoms with Crippen molar-refractivity contribution < 1.29 is 23.1 Å². The van der Waals surface area contributed by atoms with Crippen LogP contribution in [0.5, 0.6) is 0 Å². The molecule has 3 N–H and O–H groups in total. The van der Waals surface area contributed by atoms with Crippen molar-refractivity contribution >= 4 is 27.5 Å². The maximum absolute atomic E-state index is 11.7. The molecule has 1 aromatic rings. The minimum absolute atomic E-state index is 0.155. The topological polar surface area (TPSA) is 113 Å². The summed E-state index contributed by atoms with van der Waals surface area (Å²) in [6, 6.07) is 3.29. The van der Waals surface area contributed by atoms with Gasteiger partial charge in [0.1, 0.15) is 0 Å². The van der Waals surface area contributed by atoms with Gasteiger partial charge in [0.05, 0.1) is 17.4 Å². The number of carboxylic acids is 1. The van der Waals surface area contributed by atoms with Crippen molar-refractivity contribution in [2.75, 3.05) is 11.1 Å². The van der Waals surface area contributed by atoms with Gasteiger partial charge in [0.15, 0.2) is 9.84 Å². The maximum atomic E-state index is 11.7. The van der Waals surface area contributed by atoms with Crippen LogP contribution in [0.1, 0.15) is 15.9 Å². The second-order valence-corrected chi connectivity index (χ2v) is 6.63. The van der Waals surface area contributed by atoms with Crippen LogP contribution in [0.15, 0.2) is 29.7 Å². The van der Waals surface area contributed by atoms with E-state index in [1.165, 1.54) is 24.3 Å². The molecule has 0 bridgehead atoms. The third-order valence-electron chi connectivity index (χ3n) is 2.96. The quantitative estimate of drug-likeness (QED) is 0.774. The van der Waals surface area contributed by atoms with Gasteiger partial charge >= 0.3 is 12.0 Å². The van der Waals surface area contributed by atoms with Crippen LogP contribution in [-0.2, 0) is 9.84 Å². The normalized spacial score (nSPS) is 19.2. The predicted molar refractivity (Wildman–Crippen MR) is 77.0 cm³/mol. The van der Waals surface area contributed by atoms with Gasteiger partial charge in [-0.2, -0.15) is 0 Å². The fourth-order valence-electron chi connectivity index (χ4n) is 1.98. The average molecular weight is 310 g/mol. The fourth-order valence-corrected chi connectivity index (χ4v) is 3.22. The van der Waals surface area contributed by atoms with E-state index in [0.717, 1.165) is 5.41 Å². The molecular formula is C13H14N2O5S.